The summed E-state index contributed by atoms with van der Waals surface area (Å²) in [6, 6.07) is 4.25. The van der Waals surface area contributed by atoms with Crippen molar-refractivity contribution in [1.29, 1.82) is 0 Å². The fourth-order valence-corrected chi connectivity index (χ4v) is 1.32. The highest BCUT2D eigenvalue weighted by Crippen LogP contribution is 2.31. The molecular formula is C11H10O5. The van der Waals surface area contributed by atoms with E-state index in [0.717, 1.165) is 0 Å². The summed E-state index contributed by atoms with van der Waals surface area (Å²) in [7, 11) is 2.90. The molecule has 0 atom stereocenters. The first-order valence-corrected chi connectivity index (χ1v) is 4.55. The summed E-state index contributed by atoms with van der Waals surface area (Å²) in [5.74, 6) is 0.775. The Bertz CT molecular complexity index is 537. The van der Waals surface area contributed by atoms with E-state index in [1.807, 2.05) is 0 Å². The van der Waals surface area contributed by atoms with Crippen LogP contribution in [0.1, 0.15) is 0 Å². The molecule has 5 heteroatoms. The molecule has 0 fully saturated rings. The second kappa shape index (κ2) is 4.14. The van der Waals surface area contributed by atoms with Crippen molar-refractivity contribution in [2.45, 2.75) is 0 Å². The predicted octanol–water partition coefficient (Wildman–Crippen LogP) is 1.92. The van der Waals surface area contributed by atoms with Gasteiger partial charge in [0.2, 0.25) is 0 Å². The Hall–Kier alpha value is -2.17. The molecule has 0 amide bonds. The Morgan fingerprint density at radius 2 is 2.00 bits per heavy atom. The van der Waals surface area contributed by atoms with Gasteiger partial charge in [0, 0.05) is 6.07 Å². The van der Waals surface area contributed by atoms with Crippen molar-refractivity contribution in [3.63, 3.8) is 0 Å². The third-order valence-corrected chi connectivity index (χ3v) is 2.03. The van der Waals surface area contributed by atoms with E-state index < -0.39 is 0 Å². The van der Waals surface area contributed by atoms with Gasteiger partial charge in [-0.15, -0.1) is 0 Å². The predicted molar refractivity (Wildman–Crippen MR) is 55.8 cm³/mol. The van der Waals surface area contributed by atoms with Crippen molar-refractivity contribution >= 4 is 0 Å². The summed E-state index contributed by atoms with van der Waals surface area (Å²) < 4.78 is 20.2. The van der Waals surface area contributed by atoms with E-state index in [4.69, 9.17) is 18.3 Å². The van der Waals surface area contributed by atoms with Crippen LogP contribution < -0.4 is 14.9 Å². The second-order valence-corrected chi connectivity index (χ2v) is 3.01. The normalized spacial score (nSPS) is 10.1. The van der Waals surface area contributed by atoms with Crippen LogP contribution in [0.2, 0.25) is 0 Å². The Morgan fingerprint density at radius 3 is 2.69 bits per heavy atom. The van der Waals surface area contributed by atoms with Gasteiger partial charge in [-0.1, -0.05) is 0 Å². The molecular weight excluding hydrogens is 212 g/mol. The second-order valence-electron chi connectivity index (χ2n) is 3.01. The lowest BCUT2D eigenvalue weighted by Crippen LogP contribution is -1.99. The molecule has 2 aromatic heterocycles. The van der Waals surface area contributed by atoms with Gasteiger partial charge in [0.05, 0.1) is 26.5 Å². The van der Waals surface area contributed by atoms with E-state index in [1.54, 1.807) is 6.07 Å². The summed E-state index contributed by atoms with van der Waals surface area (Å²) in [4.78, 5) is 11.4. The maximum absolute atomic E-state index is 11.4. The molecule has 0 aliphatic heterocycles. The third-order valence-electron chi connectivity index (χ3n) is 2.03. The van der Waals surface area contributed by atoms with Crippen LogP contribution in [0.4, 0.5) is 0 Å². The molecule has 0 saturated heterocycles. The van der Waals surface area contributed by atoms with Crippen LogP contribution >= 0.6 is 0 Å². The highest BCUT2D eigenvalue weighted by molar-refractivity contribution is 5.62. The van der Waals surface area contributed by atoms with E-state index in [2.05, 4.69) is 0 Å². The van der Waals surface area contributed by atoms with Gasteiger partial charge in [-0.05, 0) is 6.07 Å². The largest absolute Gasteiger partial charge is 0.468 e. The maximum atomic E-state index is 11.4. The van der Waals surface area contributed by atoms with Crippen molar-refractivity contribution in [3.8, 4) is 23.2 Å². The smallest absolute Gasteiger partial charge is 0.295 e. The van der Waals surface area contributed by atoms with E-state index >= 15 is 0 Å². The highest BCUT2D eigenvalue weighted by Gasteiger charge is 2.13. The summed E-state index contributed by atoms with van der Waals surface area (Å²) in [6.07, 6.45) is 1.45. The Labute approximate surface area is 91.2 Å². The number of hydrogen-bond acceptors (Lipinski definition) is 5. The zero-order valence-corrected chi connectivity index (χ0v) is 8.85. The minimum atomic E-state index is -0.207. The first-order valence-electron chi connectivity index (χ1n) is 4.55. The Kier molecular flexibility index (Phi) is 2.68. The van der Waals surface area contributed by atoms with E-state index in [9.17, 15) is 4.79 Å². The van der Waals surface area contributed by atoms with Gasteiger partial charge in [-0.25, -0.2) is 0 Å². The minimum absolute atomic E-state index is 0.144. The van der Waals surface area contributed by atoms with Crippen LogP contribution in [0.3, 0.4) is 0 Å². The van der Waals surface area contributed by atoms with Gasteiger partial charge >= 0.3 is 0 Å². The van der Waals surface area contributed by atoms with Crippen molar-refractivity contribution in [2.75, 3.05) is 14.2 Å². The molecule has 0 aliphatic carbocycles. The average Bonchev–Trinajstić information content (AvgIpc) is 2.76. The monoisotopic (exact) mass is 222 g/mol. The highest BCUT2D eigenvalue weighted by atomic mass is 16.6. The number of rotatable bonds is 3. The first kappa shape index (κ1) is 10.4. The summed E-state index contributed by atoms with van der Waals surface area (Å²) >= 11 is 0. The van der Waals surface area contributed by atoms with Crippen molar-refractivity contribution < 1.29 is 18.3 Å². The topological polar surface area (TPSA) is 61.8 Å². The molecule has 16 heavy (non-hydrogen) atoms. The number of hydrogen-bond donors (Lipinski definition) is 0. The lowest BCUT2D eigenvalue weighted by Gasteiger charge is -2.02. The summed E-state index contributed by atoms with van der Waals surface area (Å²) in [6.45, 7) is 0. The molecule has 2 rings (SSSR count). The Balaban J connectivity index is 2.55. The molecule has 2 heterocycles. The van der Waals surface area contributed by atoms with Gasteiger partial charge in [0.25, 0.3) is 11.9 Å². The van der Waals surface area contributed by atoms with Gasteiger partial charge < -0.3 is 18.3 Å². The fraction of sp³-hybridized carbons (Fsp3) is 0.182. The van der Waals surface area contributed by atoms with Gasteiger partial charge in [0.15, 0.2) is 5.43 Å². The molecule has 0 unspecified atom stereocenters. The first-order chi connectivity index (χ1) is 7.74. The van der Waals surface area contributed by atoms with Crippen molar-refractivity contribution in [1.82, 2.24) is 0 Å². The van der Waals surface area contributed by atoms with Crippen LogP contribution in [0, 0.1) is 0 Å². The van der Waals surface area contributed by atoms with Gasteiger partial charge in [-0.2, -0.15) is 0 Å². The van der Waals surface area contributed by atoms with Crippen LogP contribution in [0.25, 0.3) is 11.3 Å². The van der Waals surface area contributed by atoms with Gasteiger partial charge in [-0.3, -0.25) is 4.79 Å². The van der Waals surface area contributed by atoms with Crippen molar-refractivity contribution in [3.05, 3.63) is 34.7 Å². The van der Waals surface area contributed by atoms with Crippen LogP contribution in [0.15, 0.2) is 38.1 Å². The quantitative estimate of drug-likeness (QED) is 0.793. The fourth-order valence-electron chi connectivity index (χ4n) is 1.32. The number of ether oxygens (including phenoxy) is 2. The third kappa shape index (κ3) is 1.79. The lowest BCUT2D eigenvalue weighted by atomic mass is 10.2. The molecule has 5 nitrogen and oxygen atoms in total. The zero-order valence-electron chi connectivity index (χ0n) is 8.85. The zero-order chi connectivity index (χ0) is 11.5. The standard InChI is InChI=1S/C11H10O5/c1-13-10-6-7(12)5-9(16-10)8-3-4-15-11(8)14-2/h3-6H,1-2H3. The molecule has 0 bridgehead atoms. The van der Waals surface area contributed by atoms with Crippen LogP contribution in [-0.4, -0.2) is 14.2 Å². The van der Waals surface area contributed by atoms with Crippen LogP contribution in [-0.2, 0) is 0 Å². The van der Waals surface area contributed by atoms with E-state index in [0.29, 0.717) is 11.3 Å². The maximum Gasteiger partial charge on any atom is 0.295 e. The summed E-state index contributed by atoms with van der Waals surface area (Å²) in [5, 5.41) is 0. The molecule has 0 radical (unpaired) electrons. The molecule has 2 aromatic rings. The molecule has 0 aliphatic rings. The molecule has 0 aromatic carbocycles. The van der Waals surface area contributed by atoms with Crippen LogP contribution in [0.5, 0.6) is 11.9 Å². The number of furan rings is 1. The minimum Gasteiger partial charge on any atom is -0.468 e. The SMILES string of the molecule is COc1cc(=O)cc(-c2ccoc2OC)o1. The van der Waals surface area contributed by atoms with Crippen molar-refractivity contribution in [2.24, 2.45) is 0 Å². The molecule has 0 N–H and O–H groups in total. The van der Waals surface area contributed by atoms with E-state index in [1.165, 1.54) is 32.6 Å². The van der Waals surface area contributed by atoms with E-state index in [-0.39, 0.29) is 17.3 Å². The molecule has 84 valence electrons. The van der Waals surface area contributed by atoms with Gasteiger partial charge in [0.1, 0.15) is 11.3 Å². The lowest BCUT2D eigenvalue weighted by molar-refractivity contribution is 0.294. The molecule has 0 saturated carbocycles. The number of methoxy groups -OCH3 is 2. The average molecular weight is 222 g/mol. The Morgan fingerprint density at radius 1 is 1.19 bits per heavy atom. The molecule has 0 spiro atoms. The summed E-state index contributed by atoms with van der Waals surface area (Å²) in [5.41, 5.74) is 0.361.